The molecule has 9 heteroatoms. The minimum atomic E-state index is -0.627. The average Bonchev–Trinajstić information content (AvgIpc) is 3.18. The van der Waals surface area contributed by atoms with Gasteiger partial charge in [-0.2, -0.15) is 5.10 Å². The summed E-state index contributed by atoms with van der Waals surface area (Å²) >= 11 is 0. The van der Waals surface area contributed by atoms with Crippen molar-refractivity contribution in [3.05, 3.63) is 117 Å². The van der Waals surface area contributed by atoms with Gasteiger partial charge < -0.3 is 10.3 Å². The second-order valence-electron chi connectivity index (χ2n) is 7.64. The molecule has 4 rings (SSSR count). The maximum atomic E-state index is 12.9. The van der Waals surface area contributed by atoms with E-state index in [1.165, 1.54) is 18.3 Å². The molecule has 0 atom stereocenters. The Kier molecular flexibility index (Phi) is 6.78. The van der Waals surface area contributed by atoms with Crippen LogP contribution < -0.4 is 10.7 Å². The number of rotatable bonds is 7. The summed E-state index contributed by atoms with van der Waals surface area (Å²) in [5.41, 5.74) is 5.55. The molecule has 0 aliphatic rings. The number of nitro benzene ring substituents is 1. The highest BCUT2D eigenvalue weighted by molar-refractivity contribution is 6.06. The summed E-state index contributed by atoms with van der Waals surface area (Å²) in [5.74, 6) is -1.07. The number of aryl methyl sites for hydroxylation is 1. The van der Waals surface area contributed by atoms with Crippen LogP contribution in [0.5, 0.6) is 0 Å². The quantitative estimate of drug-likeness (QED) is 0.162. The van der Waals surface area contributed by atoms with Crippen LogP contribution in [0.3, 0.4) is 0 Å². The van der Waals surface area contributed by atoms with E-state index in [2.05, 4.69) is 20.8 Å². The Hall–Kier alpha value is -5.05. The van der Waals surface area contributed by atoms with E-state index in [1.54, 1.807) is 61.5 Å². The van der Waals surface area contributed by atoms with E-state index in [0.29, 0.717) is 22.0 Å². The Balaban J connectivity index is 1.58. The summed E-state index contributed by atoms with van der Waals surface area (Å²) in [6.45, 7) is 1.80. The fourth-order valence-electron chi connectivity index (χ4n) is 3.49. The highest BCUT2D eigenvalue weighted by atomic mass is 16.6. The maximum Gasteiger partial charge on any atom is 0.287 e. The number of fused-ring (bicyclic) bond motifs is 1. The largest absolute Gasteiger partial charge is 0.358 e. The number of nitrogens with one attached hydrogen (secondary N) is 3. The minimum absolute atomic E-state index is 0.00786. The minimum Gasteiger partial charge on any atom is -0.358 e. The number of benzene rings is 3. The van der Waals surface area contributed by atoms with E-state index in [4.69, 9.17) is 0 Å². The van der Waals surface area contributed by atoms with Crippen LogP contribution in [-0.4, -0.2) is 27.9 Å². The Morgan fingerprint density at radius 1 is 1.00 bits per heavy atom. The van der Waals surface area contributed by atoms with Gasteiger partial charge in [-0.05, 0) is 36.8 Å². The number of non-ortho nitro benzene ring substituents is 1. The van der Waals surface area contributed by atoms with Gasteiger partial charge in [-0.25, -0.2) is 5.43 Å². The predicted octanol–water partition coefficient (Wildman–Crippen LogP) is 4.31. The van der Waals surface area contributed by atoms with E-state index in [-0.39, 0.29) is 11.4 Å². The van der Waals surface area contributed by atoms with Crippen LogP contribution in [0.4, 0.5) is 5.69 Å². The number of amides is 2. The van der Waals surface area contributed by atoms with Crippen molar-refractivity contribution in [2.24, 2.45) is 5.10 Å². The number of hydrogen-bond acceptors (Lipinski definition) is 5. The van der Waals surface area contributed by atoms with Gasteiger partial charge in [-0.3, -0.25) is 19.7 Å². The van der Waals surface area contributed by atoms with Crippen molar-refractivity contribution in [2.75, 3.05) is 0 Å². The molecule has 0 unspecified atom stereocenters. The zero-order valence-electron chi connectivity index (χ0n) is 18.7. The van der Waals surface area contributed by atoms with Crippen LogP contribution in [0.25, 0.3) is 17.0 Å². The number of nitrogens with zero attached hydrogens (tertiary/aromatic N) is 2. The smallest absolute Gasteiger partial charge is 0.287 e. The van der Waals surface area contributed by atoms with E-state index in [9.17, 15) is 19.7 Å². The van der Waals surface area contributed by atoms with Crippen molar-refractivity contribution < 1.29 is 14.5 Å². The number of nitro groups is 1. The van der Waals surface area contributed by atoms with Crippen molar-refractivity contribution in [3.63, 3.8) is 0 Å². The SMILES string of the molecule is Cc1[nH]c2ccc([N+](=O)[O-])cc2c1/C=N/NC(=O)C(=Cc1ccccc1)NC(=O)c1ccccc1. The van der Waals surface area contributed by atoms with Crippen LogP contribution in [0.15, 0.2) is 89.7 Å². The van der Waals surface area contributed by atoms with Crippen molar-refractivity contribution >= 4 is 40.7 Å². The second-order valence-corrected chi connectivity index (χ2v) is 7.64. The molecule has 3 aromatic carbocycles. The maximum absolute atomic E-state index is 12.9. The molecule has 35 heavy (non-hydrogen) atoms. The lowest BCUT2D eigenvalue weighted by atomic mass is 10.1. The molecule has 3 N–H and O–H groups in total. The number of aromatic amines is 1. The molecule has 1 heterocycles. The Bertz CT molecular complexity index is 1460. The molecule has 0 aliphatic carbocycles. The van der Waals surface area contributed by atoms with Crippen molar-refractivity contribution in [1.82, 2.24) is 15.7 Å². The molecule has 0 fully saturated rings. The Morgan fingerprint density at radius 3 is 2.37 bits per heavy atom. The summed E-state index contributed by atoms with van der Waals surface area (Å²) in [4.78, 5) is 39.4. The molecule has 0 radical (unpaired) electrons. The molecule has 2 amide bonds. The lowest BCUT2D eigenvalue weighted by molar-refractivity contribution is -0.384. The normalized spacial score (nSPS) is 11.5. The first-order valence-electron chi connectivity index (χ1n) is 10.7. The molecule has 9 nitrogen and oxygen atoms in total. The number of aromatic nitrogens is 1. The first-order chi connectivity index (χ1) is 16.9. The number of hydrazone groups is 1. The molecule has 0 aliphatic heterocycles. The number of carbonyl (C=O) groups is 2. The lowest BCUT2D eigenvalue weighted by Crippen LogP contribution is -2.32. The molecule has 174 valence electrons. The zero-order chi connectivity index (χ0) is 24.8. The molecule has 4 aromatic rings. The van der Waals surface area contributed by atoms with Gasteiger partial charge >= 0.3 is 0 Å². The first kappa shape index (κ1) is 23.1. The third-order valence-electron chi connectivity index (χ3n) is 5.23. The molecular formula is C26H21N5O4. The summed E-state index contributed by atoms with van der Waals surface area (Å²) in [5, 5.41) is 18.4. The van der Waals surface area contributed by atoms with E-state index >= 15 is 0 Å². The van der Waals surface area contributed by atoms with Crippen molar-refractivity contribution in [2.45, 2.75) is 6.92 Å². The van der Waals surface area contributed by atoms with Gasteiger partial charge in [0.1, 0.15) is 5.70 Å². The standard InChI is InChI=1S/C26H21N5O4/c1-17-22(21-15-20(31(34)35)12-13-23(21)28-17)16-27-30-26(33)24(14-18-8-4-2-5-9-18)29-25(32)19-10-6-3-7-11-19/h2-16,28H,1H3,(H,29,32)(H,30,33)/b24-14?,27-16+. The first-order valence-corrected chi connectivity index (χ1v) is 10.7. The molecule has 0 saturated carbocycles. The van der Waals surface area contributed by atoms with E-state index < -0.39 is 16.7 Å². The van der Waals surface area contributed by atoms with Crippen LogP contribution in [0, 0.1) is 17.0 Å². The summed E-state index contributed by atoms with van der Waals surface area (Å²) < 4.78 is 0. The van der Waals surface area contributed by atoms with Crippen molar-refractivity contribution in [3.8, 4) is 0 Å². The average molecular weight is 467 g/mol. The number of hydrogen-bond donors (Lipinski definition) is 3. The van der Waals surface area contributed by atoms with Gasteiger partial charge in [0.2, 0.25) is 0 Å². The molecule has 1 aromatic heterocycles. The highest BCUT2D eigenvalue weighted by Gasteiger charge is 2.15. The fraction of sp³-hybridized carbons (Fsp3) is 0.0385. The monoisotopic (exact) mass is 467 g/mol. The fourth-order valence-corrected chi connectivity index (χ4v) is 3.49. The zero-order valence-corrected chi connectivity index (χ0v) is 18.7. The van der Waals surface area contributed by atoms with Gasteiger partial charge in [0.25, 0.3) is 17.5 Å². The summed E-state index contributed by atoms with van der Waals surface area (Å²) in [6.07, 6.45) is 2.96. The third-order valence-corrected chi connectivity index (χ3v) is 5.23. The lowest BCUT2D eigenvalue weighted by Gasteiger charge is -2.09. The van der Waals surface area contributed by atoms with Crippen LogP contribution in [-0.2, 0) is 4.79 Å². The highest BCUT2D eigenvalue weighted by Crippen LogP contribution is 2.25. The van der Waals surface area contributed by atoms with Crippen LogP contribution in [0.1, 0.15) is 27.2 Å². The number of H-pyrrole nitrogens is 1. The summed E-state index contributed by atoms with van der Waals surface area (Å²) in [6, 6.07) is 22.1. The Morgan fingerprint density at radius 2 is 1.69 bits per heavy atom. The van der Waals surface area contributed by atoms with Gasteiger partial charge in [0.15, 0.2) is 0 Å². The summed E-state index contributed by atoms with van der Waals surface area (Å²) in [7, 11) is 0. The van der Waals surface area contributed by atoms with Gasteiger partial charge in [-0.15, -0.1) is 0 Å². The van der Waals surface area contributed by atoms with Gasteiger partial charge in [-0.1, -0.05) is 48.5 Å². The van der Waals surface area contributed by atoms with Crippen LogP contribution in [0.2, 0.25) is 0 Å². The third kappa shape index (κ3) is 5.48. The van der Waals surface area contributed by atoms with E-state index in [0.717, 1.165) is 11.3 Å². The van der Waals surface area contributed by atoms with Gasteiger partial charge in [0.05, 0.1) is 11.1 Å². The second kappa shape index (κ2) is 10.3. The van der Waals surface area contributed by atoms with Crippen LogP contribution >= 0.6 is 0 Å². The number of carbonyl (C=O) groups excluding carboxylic acids is 2. The molecular weight excluding hydrogens is 446 g/mol. The van der Waals surface area contributed by atoms with E-state index in [1.807, 2.05) is 18.2 Å². The molecule has 0 saturated heterocycles. The topological polar surface area (TPSA) is 129 Å². The predicted molar refractivity (Wildman–Crippen MR) is 134 cm³/mol. The molecule has 0 spiro atoms. The molecule has 0 bridgehead atoms. The Labute approximate surface area is 200 Å². The van der Waals surface area contributed by atoms with Gasteiger partial charge in [0, 0.05) is 39.9 Å². The van der Waals surface area contributed by atoms with Crippen molar-refractivity contribution in [1.29, 1.82) is 0 Å².